The Balaban J connectivity index is 1.52. The minimum absolute atomic E-state index is 0.145. The number of morpholine rings is 1. The maximum absolute atomic E-state index is 13.0. The predicted molar refractivity (Wildman–Crippen MR) is 108 cm³/mol. The summed E-state index contributed by atoms with van der Waals surface area (Å²) in [5.74, 6) is 0.682. The van der Waals surface area contributed by atoms with Crippen LogP contribution in [0, 0.1) is 13.8 Å². The van der Waals surface area contributed by atoms with Crippen LogP contribution >= 0.6 is 0 Å². The number of amides is 2. The maximum atomic E-state index is 13.0. The lowest BCUT2D eigenvalue weighted by molar-refractivity contribution is 0.00783. The summed E-state index contributed by atoms with van der Waals surface area (Å²) < 4.78 is 7.42. The number of pyridine rings is 1. The molecule has 1 atom stereocenters. The molecule has 0 bridgehead atoms. The molecule has 3 heterocycles. The van der Waals surface area contributed by atoms with Crippen molar-refractivity contribution >= 4 is 6.03 Å². The van der Waals surface area contributed by atoms with E-state index in [-0.39, 0.29) is 12.1 Å². The summed E-state index contributed by atoms with van der Waals surface area (Å²) in [6, 6.07) is 13.3. The first-order valence-corrected chi connectivity index (χ1v) is 9.63. The number of nitrogens with one attached hydrogen (secondary N) is 1. The normalized spacial score (nSPS) is 16.6. The first-order valence-electron chi connectivity index (χ1n) is 9.63. The number of nitrogens with zero attached hydrogens (tertiary/aromatic N) is 5. The Kier molecular flexibility index (Phi) is 5.53. The number of benzene rings is 1. The Morgan fingerprint density at radius 1 is 1.21 bits per heavy atom. The highest BCUT2D eigenvalue weighted by Crippen LogP contribution is 2.24. The van der Waals surface area contributed by atoms with E-state index in [1.807, 2.05) is 56.3 Å². The number of carbonyl (C=O) groups excluding carboxylic acids is 1. The van der Waals surface area contributed by atoms with Crippen LogP contribution in [0.15, 0.2) is 48.8 Å². The van der Waals surface area contributed by atoms with Crippen molar-refractivity contribution in [3.05, 3.63) is 71.6 Å². The van der Waals surface area contributed by atoms with Crippen LogP contribution in [-0.2, 0) is 11.3 Å². The maximum Gasteiger partial charge on any atom is 0.318 e. The van der Waals surface area contributed by atoms with E-state index in [1.54, 1.807) is 9.58 Å². The van der Waals surface area contributed by atoms with Gasteiger partial charge < -0.3 is 15.0 Å². The summed E-state index contributed by atoms with van der Waals surface area (Å²) in [4.78, 5) is 23.6. The molecule has 2 amide bonds. The predicted octanol–water partition coefficient (Wildman–Crippen LogP) is 2.56. The van der Waals surface area contributed by atoms with Crippen molar-refractivity contribution in [2.75, 3.05) is 19.8 Å². The fraction of sp³-hybridized carbons (Fsp3) is 0.333. The Morgan fingerprint density at radius 2 is 1.97 bits per heavy atom. The van der Waals surface area contributed by atoms with Crippen LogP contribution in [-0.4, -0.2) is 50.4 Å². The first-order chi connectivity index (χ1) is 14.1. The summed E-state index contributed by atoms with van der Waals surface area (Å²) >= 11 is 0. The second kappa shape index (κ2) is 8.40. The third-order valence-corrected chi connectivity index (χ3v) is 4.85. The minimum Gasteiger partial charge on any atom is -0.377 e. The van der Waals surface area contributed by atoms with Gasteiger partial charge >= 0.3 is 6.03 Å². The van der Waals surface area contributed by atoms with Crippen LogP contribution in [0.25, 0.3) is 5.69 Å². The van der Waals surface area contributed by atoms with E-state index < -0.39 is 0 Å². The molecular formula is C21H24N6O2. The second-order valence-electron chi connectivity index (χ2n) is 7.07. The zero-order valence-electron chi connectivity index (χ0n) is 16.6. The molecule has 8 heteroatoms. The Labute approximate surface area is 169 Å². The van der Waals surface area contributed by atoms with Crippen molar-refractivity contribution in [1.82, 2.24) is 30.0 Å². The minimum atomic E-state index is -0.313. The van der Waals surface area contributed by atoms with Gasteiger partial charge in [-0.15, -0.1) is 0 Å². The zero-order chi connectivity index (χ0) is 20.2. The van der Waals surface area contributed by atoms with E-state index in [0.29, 0.717) is 32.1 Å². The van der Waals surface area contributed by atoms with Gasteiger partial charge in [-0.05, 0) is 43.7 Å². The number of carbonyl (C=O) groups is 1. The molecule has 0 saturated carbocycles. The van der Waals surface area contributed by atoms with Crippen molar-refractivity contribution < 1.29 is 9.53 Å². The molecule has 0 spiro atoms. The van der Waals surface area contributed by atoms with Gasteiger partial charge in [0, 0.05) is 24.5 Å². The zero-order valence-corrected chi connectivity index (χ0v) is 16.6. The van der Waals surface area contributed by atoms with E-state index in [2.05, 4.69) is 20.4 Å². The van der Waals surface area contributed by atoms with Gasteiger partial charge in [0.05, 0.1) is 18.9 Å². The molecular weight excluding hydrogens is 368 g/mol. The summed E-state index contributed by atoms with van der Waals surface area (Å²) in [6.07, 6.45) is 1.51. The topological polar surface area (TPSA) is 85.2 Å². The second-order valence-corrected chi connectivity index (χ2v) is 7.07. The van der Waals surface area contributed by atoms with Crippen molar-refractivity contribution in [3.63, 3.8) is 0 Å². The molecule has 1 aliphatic rings. The van der Waals surface area contributed by atoms with Crippen LogP contribution in [0.4, 0.5) is 4.79 Å². The van der Waals surface area contributed by atoms with Gasteiger partial charge in [0.15, 0.2) is 5.82 Å². The van der Waals surface area contributed by atoms with Crippen molar-refractivity contribution in [3.8, 4) is 5.69 Å². The molecule has 0 aliphatic carbocycles. The number of hydrogen-bond acceptors (Lipinski definition) is 5. The molecule has 1 saturated heterocycles. The van der Waals surface area contributed by atoms with Crippen molar-refractivity contribution in [2.24, 2.45) is 0 Å². The summed E-state index contributed by atoms with van der Waals surface area (Å²) in [6.45, 7) is 5.72. The number of rotatable bonds is 4. The van der Waals surface area contributed by atoms with E-state index >= 15 is 0 Å². The smallest absolute Gasteiger partial charge is 0.318 e. The lowest BCUT2D eigenvalue weighted by atomic mass is 10.2. The SMILES string of the molecule is Cc1cc(CNC(=O)N2CCOCC2c2ncnn2-c2ccccc2)cc(C)n1. The van der Waals surface area contributed by atoms with Gasteiger partial charge in [-0.25, -0.2) is 14.5 Å². The van der Waals surface area contributed by atoms with E-state index in [4.69, 9.17) is 4.74 Å². The molecule has 1 fully saturated rings. The van der Waals surface area contributed by atoms with Crippen LogP contribution in [0.2, 0.25) is 0 Å². The molecule has 2 aromatic heterocycles. The fourth-order valence-electron chi connectivity index (χ4n) is 3.61. The average molecular weight is 392 g/mol. The number of para-hydroxylation sites is 1. The molecule has 4 rings (SSSR count). The highest BCUT2D eigenvalue weighted by Gasteiger charge is 2.32. The summed E-state index contributed by atoms with van der Waals surface area (Å²) in [5, 5.41) is 7.37. The average Bonchev–Trinajstić information content (AvgIpc) is 3.22. The van der Waals surface area contributed by atoms with Crippen molar-refractivity contribution in [1.29, 1.82) is 0 Å². The monoisotopic (exact) mass is 392 g/mol. The molecule has 1 unspecified atom stereocenters. The number of ether oxygens (including phenoxy) is 1. The summed E-state index contributed by atoms with van der Waals surface area (Å²) in [5.41, 5.74) is 3.80. The Morgan fingerprint density at radius 3 is 2.72 bits per heavy atom. The highest BCUT2D eigenvalue weighted by atomic mass is 16.5. The van der Waals surface area contributed by atoms with Crippen LogP contribution < -0.4 is 5.32 Å². The molecule has 1 aromatic carbocycles. The molecule has 8 nitrogen and oxygen atoms in total. The third kappa shape index (κ3) is 4.27. The molecule has 150 valence electrons. The lowest BCUT2D eigenvalue weighted by Crippen LogP contribution is -2.48. The van der Waals surface area contributed by atoms with Gasteiger partial charge in [0.2, 0.25) is 0 Å². The number of urea groups is 1. The first kappa shape index (κ1) is 19.1. The van der Waals surface area contributed by atoms with Crippen LogP contribution in [0.3, 0.4) is 0 Å². The quantitative estimate of drug-likeness (QED) is 0.738. The van der Waals surface area contributed by atoms with Gasteiger partial charge in [0.1, 0.15) is 12.4 Å². The van der Waals surface area contributed by atoms with Gasteiger partial charge in [-0.2, -0.15) is 5.10 Å². The molecule has 29 heavy (non-hydrogen) atoms. The lowest BCUT2D eigenvalue weighted by Gasteiger charge is -2.35. The van der Waals surface area contributed by atoms with Crippen molar-refractivity contribution in [2.45, 2.75) is 26.4 Å². The Bertz CT molecular complexity index is 968. The summed E-state index contributed by atoms with van der Waals surface area (Å²) in [7, 11) is 0. The fourth-order valence-corrected chi connectivity index (χ4v) is 3.61. The van der Waals surface area contributed by atoms with E-state index in [9.17, 15) is 4.79 Å². The molecule has 3 aromatic rings. The molecule has 1 aliphatic heterocycles. The van der Waals surface area contributed by atoms with Gasteiger partial charge in [0.25, 0.3) is 0 Å². The Hall–Kier alpha value is -3.26. The van der Waals surface area contributed by atoms with Gasteiger partial charge in [-0.1, -0.05) is 18.2 Å². The van der Waals surface area contributed by atoms with E-state index in [1.165, 1.54) is 6.33 Å². The standard InChI is InChI=1S/C21H24N6O2/c1-15-10-17(11-16(2)25-15)12-22-21(28)26-8-9-29-13-19(26)20-23-14-24-27(20)18-6-4-3-5-7-18/h3-7,10-11,14,19H,8-9,12-13H2,1-2H3,(H,22,28). The number of hydrogen-bond donors (Lipinski definition) is 1. The largest absolute Gasteiger partial charge is 0.377 e. The number of aryl methyl sites for hydroxylation is 2. The third-order valence-electron chi connectivity index (χ3n) is 4.85. The van der Waals surface area contributed by atoms with Crippen LogP contribution in [0.1, 0.15) is 28.8 Å². The molecule has 0 radical (unpaired) electrons. The highest BCUT2D eigenvalue weighted by molar-refractivity contribution is 5.74. The number of aromatic nitrogens is 4. The van der Waals surface area contributed by atoms with E-state index in [0.717, 1.165) is 22.6 Å². The molecule has 1 N–H and O–H groups in total. The van der Waals surface area contributed by atoms with Crippen LogP contribution in [0.5, 0.6) is 0 Å². The van der Waals surface area contributed by atoms with Gasteiger partial charge in [-0.3, -0.25) is 4.98 Å².